The fourth-order valence-electron chi connectivity index (χ4n) is 1.37. The van der Waals surface area contributed by atoms with Crippen LogP contribution < -0.4 is 5.32 Å². The van der Waals surface area contributed by atoms with Gasteiger partial charge < -0.3 is 9.88 Å². The lowest BCUT2D eigenvalue weighted by Gasteiger charge is -2.12. The van der Waals surface area contributed by atoms with Gasteiger partial charge in [-0.25, -0.2) is 4.98 Å². The predicted molar refractivity (Wildman–Crippen MR) is 50.0 cm³/mol. The average Bonchev–Trinajstić information content (AvgIpc) is 2.51. The molecule has 0 spiro atoms. The summed E-state index contributed by atoms with van der Waals surface area (Å²) in [5, 5.41) is 3.34. The number of nitrogens with one attached hydrogen (secondary N) is 1. The van der Waals surface area contributed by atoms with E-state index in [-0.39, 0.29) is 0 Å². The minimum atomic E-state index is 0.352. The Morgan fingerprint density at radius 1 is 1.58 bits per heavy atom. The van der Waals surface area contributed by atoms with E-state index in [0.29, 0.717) is 6.04 Å². The molecular weight excluding hydrogens is 150 g/mol. The molecule has 68 valence electrons. The lowest BCUT2D eigenvalue weighted by molar-refractivity contribution is 0.533. The highest BCUT2D eigenvalue weighted by atomic mass is 15.1. The maximum atomic E-state index is 4.31. The molecule has 0 bridgehead atoms. The van der Waals surface area contributed by atoms with Crippen molar-refractivity contribution in [2.75, 3.05) is 6.54 Å². The number of hydrogen-bond acceptors (Lipinski definition) is 2. The molecule has 0 aliphatic carbocycles. The monoisotopic (exact) mass is 167 g/mol. The van der Waals surface area contributed by atoms with Crippen LogP contribution >= 0.6 is 0 Å². The molecule has 0 radical (unpaired) electrons. The Morgan fingerprint density at radius 2 is 2.33 bits per heavy atom. The first kappa shape index (κ1) is 9.26. The molecule has 0 saturated carbocycles. The Bertz CT molecular complexity index is 229. The molecular formula is C9H17N3. The second kappa shape index (κ2) is 4.26. The van der Waals surface area contributed by atoms with Crippen molar-refractivity contribution in [2.45, 2.75) is 33.4 Å². The van der Waals surface area contributed by atoms with E-state index in [1.54, 1.807) is 0 Å². The average molecular weight is 167 g/mol. The van der Waals surface area contributed by atoms with Crippen LogP contribution in [0.1, 0.15) is 32.6 Å². The number of aryl methyl sites for hydroxylation is 1. The first-order valence-electron chi connectivity index (χ1n) is 4.54. The molecule has 0 saturated heterocycles. The molecule has 1 aromatic rings. The highest BCUT2D eigenvalue weighted by Gasteiger charge is 2.08. The van der Waals surface area contributed by atoms with E-state index in [0.717, 1.165) is 18.9 Å². The van der Waals surface area contributed by atoms with Gasteiger partial charge in [-0.1, -0.05) is 6.92 Å². The molecule has 3 heteroatoms. The number of imidazole rings is 1. The van der Waals surface area contributed by atoms with Gasteiger partial charge in [0.1, 0.15) is 5.82 Å². The van der Waals surface area contributed by atoms with Gasteiger partial charge in [0.25, 0.3) is 0 Å². The van der Waals surface area contributed by atoms with E-state index < -0.39 is 0 Å². The van der Waals surface area contributed by atoms with E-state index >= 15 is 0 Å². The SMILES string of the molecule is CCNC(C)c1nccn1CC. The zero-order chi connectivity index (χ0) is 8.97. The van der Waals surface area contributed by atoms with Gasteiger partial charge in [-0.3, -0.25) is 0 Å². The van der Waals surface area contributed by atoms with Crippen LogP contribution in [0.5, 0.6) is 0 Å². The molecule has 1 heterocycles. The van der Waals surface area contributed by atoms with Crippen molar-refractivity contribution < 1.29 is 0 Å². The molecule has 12 heavy (non-hydrogen) atoms. The molecule has 1 N–H and O–H groups in total. The lowest BCUT2D eigenvalue weighted by atomic mass is 10.3. The maximum absolute atomic E-state index is 4.31. The van der Waals surface area contributed by atoms with Crippen molar-refractivity contribution in [1.82, 2.24) is 14.9 Å². The fraction of sp³-hybridized carbons (Fsp3) is 0.667. The summed E-state index contributed by atoms with van der Waals surface area (Å²) in [6.45, 7) is 8.35. The summed E-state index contributed by atoms with van der Waals surface area (Å²) in [5.74, 6) is 1.12. The highest BCUT2D eigenvalue weighted by Crippen LogP contribution is 2.08. The van der Waals surface area contributed by atoms with E-state index in [9.17, 15) is 0 Å². The molecule has 0 aromatic carbocycles. The Morgan fingerprint density at radius 3 is 2.92 bits per heavy atom. The topological polar surface area (TPSA) is 29.9 Å². The first-order chi connectivity index (χ1) is 5.79. The molecule has 1 atom stereocenters. The van der Waals surface area contributed by atoms with Gasteiger partial charge in [0.2, 0.25) is 0 Å². The Hall–Kier alpha value is -0.830. The Balaban J connectivity index is 2.71. The van der Waals surface area contributed by atoms with Gasteiger partial charge in [0.05, 0.1) is 6.04 Å². The summed E-state index contributed by atoms with van der Waals surface area (Å²) in [4.78, 5) is 4.31. The van der Waals surface area contributed by atoms with Crippen molar-refractivity contribution in [2.24, 2.45) is 0 Å². The van der Waals surface area contributed by atoms with Crippen LogP contribution in [-0.2, 0) is 6.54 Å². The quantitative estimate of drug-likeness (QED) is 0.737. The van der Waals surface area contributed by atoms with Crippen LogP contribution in [0.25, 0.3) is 0 Å². The van der Waals surface area contributed by atoms with Crippen LogP contribution in [0.2, 0.25) is 0 Å². The molecule has 0 aliphatic heterocycles. The summed E-state index contributed by atoms with van der Waals surface area (Å²) in [5.41, 5.74) is 0. The van der Waals surface area contributed by atoms with E-state index in [2.05, 4.69) is 35.6 Å². The van der Waals surface area contributed by atoms with Gasteiger partial charge in [-0.2, -0.15) is 0 Å². The summed E-state index contributed by atoms with van der Waals surface area (Å²) in [6.07, 6.45) is 3.87. The third-order valence-corrected chi connectivity index (χ3v) is 1.99. The molecule has 0 aliphatic rings. The van der Waals surface area contributed by atoms with Gasteiger partial charge in [-0.05, 0) is 20.4 Å². The number of nitrogens with zero attached hydrogens (tertiary/aromatic N) is 2. The number of aromatic nitrogens is 2. The molecule has 1 unspecified atom stereocenters. The van der Waals surface area contributed by atoms with Crippen LogP contribution in [0, 0.1) is 0 Å². The van der Waals surface area contributed by atoms with Gasteiger partial charge in [0.15, 0.2) is 0 Å². The van der Waals surface area contributed by atoms with Crippen LogP contribution in [0.15, 0.2) is 12.4 Å². The third-order valence-electron chi connectivity index (χ3n) is 1.99. The second-order valence-electron chi connectivity index (χ2n) is 2.85. The minimum absolute atomic E-state index is 0.352. The second-order valence-corrected chi connectivity index (χ2v) is 2.85. The summed E-state index contributed by atoms with van der Waals surface area (Å²) in [6, 6.07) is 0.352. The van der Waals surface area contributed by atoms with Crippen LogP contribution in [0.3, 0.4) is 0 Å². The van der Waals surface area contributed by atoms with E-state index in [1.165, 1.54) is 0 Å². The van der Waals surface area contributed by atoms with Crippen molar-refractivity contribution in [3.63, 3.8) is 0 Å². The predicted octanol–water partition coefficient (Wildman–Crippen LogP) is 1.57. The normalized spacial score (nSPS) is 13.2. The zero-order valence-corrected chi connectivity index (χ0v) is 8.04. The number of hydrogen-bond donors (Lipinski definition) is 1. The molecule has 1 rings (SSSR count). The first-order valence-corrected chi connectivity index (χ1v) is 4.54. The molecule has 0 fully saturated rings. The summed E-state index contributed by atoms with van der Waals surface area (Å²) < 4.78 is 2.16. The smallest absolute Gasteiger partial charge is 0.125 e. The largest absolute Gasteiger partial charge is 0.334 e. The van der Waals surface area contributed by atoms with Crippen molar-refractivity contribution >= 4 is 0 Å². The maximum Gasteiger partial charge on any atom is 0.125 e. The fourth-order valence-corrected chi connectivity index (χ4v) is 1.37. The van der Waals surface area contributed by atoms with E-state index in [4.69, 9.17) is 0 Å². The van der Waals surface area contributed by atoms with Crippen molar-refractivity contribution in [3.8, 4) is 0 Å². The van der Waals surface area contributed by atoms with Gasteiger partial charge in [-0.15, -0.1) is 0 Å². The third kappa shape index (κ3) is 1.85. The lowest BCUT2D eigenvalue weighted by Crippen LogP contribution is -2.21. The Labute approximate surface area is 73.8 Å². The minimum Gasteiger partial charge on any atom is -0.334 e. The number of rotatable bonds is 4. The molecule has 3 nitrogen and oxygen atoms in total. The van der Waals surface area contributed by atoms with Crippen molar-refractivity contribution in [1.29, 1.82) is 0 Å². The van der Waals surface area contributed by atoms with Crippen LogP contribution in [-0.4, -0.2) is 16.1 Å². The zero-order valence-electron chi connectivity index (χ0n) is 8.04. The van der Waals surface area contributed by atoms with Gasteiger partial charge >= 0.3 is 0 Å². The van der Waals surface area contributed by atoms with Crippen LogP contribution in [0.4, 0.5) is 0 Å². The highest BCUT2D eigenvalue weighted by molar-refractivity contribution is 4.97. The van der Waals surface area contributed by atoms with E-state index in [1.807, 2.05) is 12.4 Å². The standard InChI is InChI=1S/C9H17N3/c1-4-10-8(3)9-11-6-7-12(9)5-2/h6-8,10H,4-5H2,1-3H3. The molecule has 1 aromatic heterocycles. The summed E-state index contributed by atoms with van der Waals surface area (Å²) >= 11 is 0. The Kier molecular flexibility index (Phi) is 3.29. The van der Waals surface area contributed by atoms with Crippen molar-refractivity contribution in [3.05, 3.63) is 18.2 Å². The van der Waals surface area contributed by atoms with Gasteiger partial charge in [0, 0.05) is 18.9 Å². The summed E-state index contributed by atoms with van der Waals surface area (Å²) in [7, 11) is 0. The molecule has 0 amide bonds.